The molecular formula is C12H10N4O2S. The zero-order chi connectivity index (χ0) is 13.4. The standard InChI is InChI=1S/C12H10N4O2S/c13-11-9(14-15-19-11)6-16-10(17)5-7-3-1-2-4-8(7)12(16)18/h1-4H,5-6,13H2. The fourth-order valence-corrected chi connectivity index (χ4v) is 2.47. The van der Waals surface area contributed by atoms with Crippen LogP contribution in [0.15, 0.2) is 24.3 Å². The predicted molar refractivity (Wildman–Crippen MR) is 69.3 cm³/mol. The number of amides is 2. The maximum Gasteiger partial charge on any atom is 0.261 e. The molecule has 0 bridgehead atoms. The molecule has 2 aromatic rings. The Morgan fingerprint density at radius 1 is 1.32 bits per heavy atom. The first-order chi connectivity index (χ1) is 9.16. The van der Waals surface area contributed by atoms with Crippen LogP contribution in [0.4, 0.5) is 5.00 Å². The summed E-state index contributed by atoms with van der Waals surface area (Å²) in [5.41, 5.74) is 7.47. The summed E-state index contributed by atoms with van der Waals surface area (Å²) < 4.78 is 3.70. The second kappa shape index (κ2) is 4.43. The van der Waals surface area contributed by atoms with Gasteiger partial charge in [0.1, 0.15) is 10.7 Å². The number of hydrogen-bond acceptors (Lipinski definition) is 6. The lowest BCUT2D eigenvalue weighted by atomic mass is 9.98. The average Bonchev–Trinajstić information content (AvgIpc) is 2.80. The molecule has 19 heavy (non-hydrogen) atoms. The summed E-state index contributed by atoms with van der Waals surface area (Å²) in [5, 5.41) is 4.26. The van der Waals surface area contributed by atoms with Crippen LogP contribution in [0.3, 0.4) is 0 Å². The summed E-state index contributed by atoms with van der Waals surface area (Å²) in [4.78, 5) is 25.5. The molecule has 2 amide bonds. The number of carbonyl (C=O) groups is 2. The molecule has 0 spiro atoms. The Balaban J connectivity index is 1.94. The molecule has 0 unspecified atom stereocenters. The van der Waals surface area contributed by atoms with Crippen molar-refractivity contribution in [3.05, 3.63) is 41.1 Å². The Hall–Kier alpha value is -2.28. The van der Waals surface area contributed by atoms with E-state index in [1.165, 1.54) is 4.90 Å². The van der Waals surface area contributed by atoms with Gasteiger partial charge in [-0.1, -0.05) is 22.7 Å². The SMILES string of the molecule is Nc1snnc1CN1C(=O)Cc2ccccc2C1=O. The molecule has 0 fully saturated rings. The number of rotatable bonds is 2. The van der Waals surface area contributed by atoms with Gasteiger partial charge in [-0.3, -0.25) is 14.5 Å². The number of aromatic nitrogens is 2. The smallest absolute Gasteiger partial charge is 0.261 e. The van der Waals surface area contributed by atoms with E-state index in [0.717, 1.165) is 17.1 Å². The fraction of sp³-hybridized carbons (Fsp3) is 0.167. The number of hydrogen-bond donors (Lipinski definition) is 1. The van der Waals surface area contributed by atoms with Crippen molar-refractivity contribution in [1.29, 1.82) is 0 Å². The van der Waals surface area contributed by atoms with Gasteiger partial charge in [-0.25, -0.2) is 0 Å². The number of nitrogen functional groups attached to an aromatic ring is 1. The lowest BCUT2D eigenvalue weighted by Gasteiger charge is -2.26. The molecule has 0 saturated carbocycles. The summed E-state index contributed by atoms with van der Waals surface area (Å²) in [6, 6.07) is 7.11. The molecule has 3 rings (SSSR count). The number of benzene rings is 1. The van der Waals surface area contributed by atoms with E-state index in [9.17, 15) is 9.59 Å². The molecule has 0 radical (unpaired) electrons. The molecule has 7 heteroatoms. The number of nitrogens with zero attached hydrogens (tertiary/aromatic N) is 3. The van der Waals surface area contributed by atoms with Crippen molar-refractivity contribution in [3.63, 3.8) is 0 Å². The van der Waals surface area contributed by atoms with Crippen molar-refractivity contribution in [3.8, 4) is 0 Å². The Bertz CT molecular complexity index is 667. The van der Waals surface area contributed by atoms with Crippen LogP contribution in [0.5, 0.6) is 0 Å². The van der Waals surface area contributed by atoms with Crippen LogP contribution >= 0.6 is 11.5 Å². The summed E-state index contributed by atoms with van der Waals surface area (Å²) in [5.74, 6) is -0.546. The first-order valence-corrected chi connectivity index (χ1v) is 6.43. The Kier molecular flexibility index (Phi) is 2.75. The van der Waals surface area contributed by atoms with Crippen LogP contribution in [0.1, 0.15) is 21.6 Å². The summed E-state index contributed by atoms with van der Waals surface area (Å²) in [6.45, 7) is 0.0777. The van der Waals surface area contributed by atoms with Crippen molar-refractivity contribution in [2.24, 2.45) is 0 Å². The van der Waals surface area contributed by atoms with Crippen LogP contribution in [-0.4, -0.2) is 26.3 Å². The highest BCUT2D eigenvalue weighted by molar-refractivity contribution is 7.09. The minimum Gasteiger partial charge on any atom is -0.388 e. The monoisotopic (exact) mass is 274 g/mol. The molecule has 1 aliphatic rings. The number of imide groups is 1. The lowest BCUT2D eigenvalue weighted by Crippen LogP contribution is -2.41. The van der Waals surface area contributed by atoms with Crippen molar-refractivity contribution in [1.82, 2.24) is 14.5 Å². The van der Waals surface area contributed by atoms with E-state index in [4.69, 9.17) is 5.73 Å². The Morgan fingerprint density at radius 2 is 2.11 bits per heavy atom. The quantitative estimate of drug-likeness (QED) is 0.820. The largest absolute Gasteiger partial charge is 0.388 e. The molecule has 1 aromatic heterocycles. The normalized spacial score (nSPS) is 14.6. The van der Waals surface area contributed by atoms with Gasteiger partial charge in [0, 0.05) is 17.1 Å². The van der Waals surface area contributed by atoms with E-state index in [1.807, 2.05) is 6.07 Å². The van der Waals surface area contributed by atoms with E-state index in [-0.39, 0.29) is 24.8 Å². The third-order valence-electron chi connectivity index (χ3n) is 3.03. The van der Waals surface area contributed by atoms with Gasteiger partial charge in [0.05, 0.1) is 13.0 Å². The third-order valence-corrected chi connectivity index (χ3v) is 3.62. The number of anilines is 1. The molecule has 1 aliphatic heterocycles. The summed E-state index contributed by atoms with van der Waals surface area (Å²) >= 11 is 1.05. The van der Waals surface area contributed by atoms with Gasteiger partial charge in [-0.05, 0) is 11.6 Å². The third kappa shape index (κ3) is 1.97. The first kappa shape index (κ1) is 11.8. The fourth-order valence-electron chi connectivity index (χ4n) is 2.04. The highest BCUT2D eigenvalue weighted by Gasteiger charge is 2.31. The van der Waals surface area contributed by atoms with Crippen LogP contribution in [0, 0.1) is 0 Å². The van der Waals surface area contributed by atoms with Gasteiger partial charge in [-0.15, -0.1) is 5.10 Å². The molecule has 1 aromatic carbocycles. The highest BCUT2D eigenvalue weighted by atomic mass is 32.1. The summed E-state index contributed by atoms with van der Waals surface area (Å²) in [7, 11) is 0. The lowest BCUT2D eigenvalue weighted by molar-refractivity contribution is -0.128. The second-order valence-electron chi connectivity index (χ2n) is 4.20. The minimum absolute atomic E-state index is 0.0777. The second-order valence-corrected chi connectivity index (χ2v) is 4.99. The van der Waals surface area contributed by atoms with Crippen molar-refractivity contribution < 1.29 is 9.59 Å². The van der Waals surface area contributed by atoms with E-state index in [1.54, 1.807) is 18.2 Å². The molecule has 0 atom stereocenters. The maximum atomic E-state index is 12.3. The zero-order valence-corrected chi connectivity index (χ0v) is 10.7. The predicted octanol–water partition coefficient (Wildman–Crippen LogP) is 0.845. The zero-order valence-electron chi connectivity index (χ0n) is 9.87. The van der Waals surface area contributed by atoms with Gasteiger partial charge in [0.15, 0.2) is 0 Å². The van der Waals surface area contributed by atoms with Crippen LogP contribution < -0.4 is 5.73 Å². The van der Waals surface area contributed by atoms with Crippen LogP contribution in [-0.2, 0) is 17.8 Å². The molecule has 2 heterocycles. The van der Waals surface area contributed by atoms with Crippen molar-refractivity contribution in [2.75, 3.05) is 5.73 Å². The molecule has 0 saturated heterocycles. The maximum absolute atomic E-state index is 12.3. The van der Waals surface area contributed by atoms with Gasteiger partial charge < -0.3 is 5.73 Å². The molecular weight excluding hydrogens is 264 g/mol. The van der Waals surface area contributed by atoms with Crippen molar-refractivity contribution in [2.45, 2.75) is 13.0 Å². The molecule has 96 valence electrons. The van der Waals surface area contributed by atoms with Gasteiger partial charge in [-0.2, -0.15) is 0 Å². The highest BCUT2D eigenvalue weighted by Crippen LogP contribution is 2.23. The average molecular weight is 274 g/mol. The van der Waals surface area contributed by atoms with E-state index >= 15 is 0 Å². The van der Waals surface area contributed by atoms with Gasteiger partial charge >= 0.3 is 0 Å². The van der Waals surface area contributed by atoms with Gasteiger partial charge in [0.2, 0.25) is 5.91 Å². The molecule has 6 nitrogen and oxygen atoms in total. The van der Waals surface area contributed by atoms with E-state index < -0.39 is 0 Å². The number of nitrogens with two attached hydrogens (primary N) is 1. The van der Waals surface area contributed by atoms with Gasteiger partial charge in [0.25, 0.3) is 5.91 Å². The van der Waals surface area contributed by atoms with Crippen LogP contribution in [0.25, 0.3) is 0 Å². The Morgan fingerprint density at radius 3 is 2.84 bits per heavy atom. The topological polar surface area (TPSA) is 89.2 Å². The van der Waals surface area contributed by atoms with E-state index in [2.05, 4.69) is 9.59 Å². The molecule has 0 aliphatic carbocycles. The summed E-state index contributed by atoms with van der Waals surface area (Å²) in [6.07, 6.45) is 0.222. The molecule has 2 N–H and O–H groups in total. The van der Waals surface area contributed by atoms with Crippen molar-refractivity contribution >= 4 is 28.3 Å². The first-order valence-electron chi connectivity index (χ1n) is 5.66. The van der Waals surface area contributed by atoms with E-state index in [0.29, 0.717) is 16.3 Å². The Labute approximate surface area is 113 Å². The number of carbonyl (C=O) groups excluding carboxylic acids is 2. The van der Waals surface area contributed by atoms with Crippen LogP contribution in [0.2, 0.25) is 0 Å². The minimum atomic E-state index is -0.306. The number of fused-ring (bicyclic) bond motifs is 1.